The van der Waals surface area contributed by atoms with Crippen LogP contribution in [0.5, 0.6) is 0 Å². The Morgan fingerprint density at radius 1 is 1.21 bits per heavy atom. The number of hydrogen-bond acceptors (Lipinski definition) is 5. The molecule has 28 heavy (non-hydrogen) atoms. The molecule has 2 rings (SSSR count). The summed E-state index contributed by atoms with van der Waals surface area (Å²) >= 11 is 0. The number of halogens is 3. The van der Waals surface area contributed by atoms with E-state index in [0.717, 1.165) is 0 Å². The Morgan fingerprint density at radius 2 is 1.75 bits per heavy atom. The first-order valence-corrected chi connectivity index (χ1v) is 9.10. The summed E-state index contributed by atoms with van der Waals surface area (Å²) in [6, 6.07) is -2.61. The van der Waals surface area contributed by atoms with Crippen molar-refractivity contribution in [3.05, 3.63) is 0 Å². The van der Waals surface area contributed by atoms with Crippen molar-refractivity contribution in [1.82, 2.24) is 10.6 Å². The highest BCUT2D eigenvalue weighted by Gasteiger charge is 2.82. The van der Waals surface area contributed by atoms with E-state index in [1.54, 1.807) is 39.9 Å². The molecule has 0 bridgehead atoms. The predicted molar refractivity (Wildman–Crippen MR) is 94.0 cm³/mol. The van der Waals surface area contributed by atoms with Crippen LogP contribution in [-0.2, 0) is 19.1 Å². The van der Waals surface area contributed by atoms with Crippen LogP contribution in [0.25, 0.3) is 0 Å². The van der Waals surface area contributed by atoms with E-state index in [1.165, 1.54) is 6.92 Å². The van der Waals surface area contributed by atoms with Crippen LogP contribution in [0.3, 0.4) is 0 Å². The average Bonchev–Trinajstić information content (AvgIpc) is 2.81. The van der Waals surface area contributed by atoms with Crippen LogP contribution in [0, 0.1) is 16.7 Å². The largest absolute Gasteiger partial charge is 0.471 e. The monoisotopic (exact) mass is 407 g/mol. The van der Waals surface area contributed by atoms with Crippen molar-refractivity contribution in [2.24, 2.45) is 22.5 Å². The highest BCUT2D eigenvalue weighted by molar-refractivity contribution is 6.03. The molecule has 0 aromatic heterocycles. The Kier molecular flexibility index (Phi) is 5.40. The number of primary amides is 1. The van der Waals surface area contributed by atoms with Crippen LogP contribution in [0.4, 0.5) is 13.2 Å². The lowest BCUT2D eigenvalue weighted by molar-refractivity contribution is -0.177. The van der Waals surface area contributed by atoms with Gasteiger partial charge in [-0.05, 0) is 39.0 Å². The van der Waals surface area contributed by atoms with Gasteiger partial charge in [0, 0.05) is 6.54 Å². The lowest BCUT2D eigenvalue weighted by Gasteiger charge is -2.35. The Bertz CT molecular complexity index is 687. The molecule has 1 saturated carbocycles. The van der Waals surface area contributed by atoms with Gasteiger partial charge in [-0.2, -0.15) is 13.2 Å². The fraction of sp³-hybridized carbons (Fsp3) is 0.833. The molecular weight excluding hydrogens is 379 g/mol. The lowest BCUT2D eigenvalue weighted by Crippen LogP contribution is -2.59. The SMILES string of the molecule is C[C@@H](OC(C)(C)C)[C@H](NC(=O)C(F)(F)F)C(=O)C12C(C(N)=O)NCC1C2(C)C. The summed E-state index contributed by atoms with van der Waals surface area (Å²) in [6.07, 6.45) is -6.22. The number of ketones is 1. The third-order valence-corrected chi connectivity index (χ3v) is 5.91. The number of ether oxygens (including phenoxy) is 1. The molecule has 3 unspecified atom stereocenters. The molecule has 1 saturated heterocycles. The normalized spacial score (nSPS) is 30.9. The van der Waals surface area contributed by atoms with Crippen LogP contribution < -0.4 is 16.4 Å². The Hall–Kier alpha value is -1.68. The molecule has 1 aliphatic carbocycles. The van der Waals surface area contributed by atoms with E-state index in [1.807, 2.05) is 0 Å². The van der Waals surface area contributed by atoms with Gasteiger partial charge in [0.05, 0.1) is 17.1 Å². The van der Waals surface area contributed by atoms with Gasteiger partial charge in [0.1, 0.15) is 12.1 Å². The van der Waals surface area contributed by atoms with E-state index in [0.29, 0.717) is 6.54 Å². The smallest absolute Gasteiger partial charge is 0.370 e. The molecule has 5 atom stereocenters. The fourth-order valence-electron chi connectivity index (χ4n) is 4.75. The molecule has 1 heterocycles. The minimum absolute atomic E-state index is 0.280. The molecule has 0 radical (unpaired) electrons. The second-order valence-electron chi connectivity index (χ2n) is 9.14. The standard InChI is InChI=1S/C18H28F3N3O4/c1-8(28-15(2,3)4)10(24-14(27)18(19,20)21)12(25)17-9(16(17,5)6)7-23-11(17)13(22)26/h8-11,23H,7H2,1-6H3,(H2,22,26)(H,24,27)/t8-,9?,10+,11?,17?/m1/s1. The number of fused-ring (bicyclic) bond motifs is 1. The third kappa shape index (κ3) is 3.52. The minimum atomic E-state index is -5.16. The summed E-state index contributed by atoms with van der Waals surface area (Å²) in [5.74, 6) is -3.95. The highest BCUT2D eigenvalue weighted by Crippen LogP contribution is 2.73. The number of nitrogens with two attached hydrogens (primary N) is 1. The van der Waals surface area contributed by atoms with Crippen molar-refractivity contribution in [3.63, 3.8) is 0 Å². The van der Waals surface area contributed by atoms with E-state index in [2.05, 4.69) is 5.32 Å². The Labute approximate surface area is 161 Å². The van der Waals surface area contributed by atoms with E-state index < -0.39 is 58.4 Å². The quantitative estimate of drug-likeness (QED) is 0.606. The van der Waals surface area contributed by atoms with E-state index in [-0.39, 0.29) is 5.92 Å². The highest BCUT2D eigenvalue weighted by atomic mass is 19.4. The number of alkyl halides is 3. The first-order chi connectivity index (χ1) is 12.5. The zero-order valence-corrected chi connectivity index (χ0v) is 16.9. The molecule has 2 amide bonds. The molecule has 0 aromatic rings. The van der Waals surface area contributed by atoms with E-state index in [4.69, 9.17) is 10.5 Å². The molecule has 10 heteroatoms. The average molecular weight is 407 g/mol. The number of nitrogens with one attached hydrogen (secondary N) is 2. The summed E-state index contributed by atoms with van der Waals surface area (Å²) in [4.78, 5) is 37.1. The number of rotatable bonds is 6. The van der Waals surface area contributed by atoms with Gasteiger partial charge in [-0.15, -0.1) is 0 Å². The maximum atomic E-state index is 13.5. The topological polar surface area (TPSA) is 111 Å². The van der Waals surface area contributed by atoms with Gasteiger partial charge in [-0.1, -0.05) is 13.8 Å². The summed E-state index contributed by atoms with van der Waals surface area (Å²) in [6.45, 7) is 10.3. The first kappa shape index (κ1) is 22.6. The summed E-state index contributed by atoms with van der Waals surface area (Å²) < 4.78 is 44.3. The molecule has 7 nitrogen and oxygen atoms in total. The fourth-order valence-corrected chi connectivity index (χ4v) is 4.75. The van der Waals surface area contributed by atoms with Crippen molar-refractivity contribution >= 4 is 17.6 Å². The molecule has 4 N–H and O–H groups in total. The lowest BCUT2D eigenvalue weighted by atomic mass is 9.79. The van der Waals surface area contributed by atoms with Crippen LogP contribution in [0.15, 0.2) is 0 Å². The number of carbonyl (C=O) groups excluding carboxylic acids is 3. The zero-order valence-electron chi connectivity index (χ0n) is 16.9. The van der Waals surface area contributed by atoms with Gasteiger partial charge in [-0.25, -0.2) is 0 Å². The molecule has 0 spiro atoms. The maximum absolute atomic E-state index is 13.5. The molecule has 0 aromatic carbocycles. The van der Waals surface area contributed by atoms with Gasteiger partial charge in [0.15, 0.2) is 5.78 Å². The zero-order chi connectivity index (χ0) is 21.9. The van der Waals surface area contributed by atoms with E-state index >= 15 is 0 Å². The molecule has 2 fully saturated rings. The van der Waals surface area contributed by atoms with Gasteiger partial charge in [-0.3, -0.25) is 14.4 Å². The maximum Gasteiger partial charge on any atom is 0.471 e. The number of carbonyl (C=O) groups is 3. The van der Waals surface area contributed by atoms with Crippen molar-refractivity contribution in [2.45, 2.75) is 71.5 Å². The van der Waals surface area contributed by atoms with Gasteiger partial charge in [0.2, 0.25) is 5.91 Å². The number of hydrogen-bond donors (Lipinski definition) is 3. The molecule has 2 aliphatic rings. The minimum Gasteiger partial charge on any atom is -0.370 e. The predicted octanol–water partition coefficient (Wildman–Crippen LogP) is 0.906. The van der Waals surface area contributed by atoms with Crippen LogP contribution >= 0.6 is 0 Å². The van der Waals surface area contributed by atoms with Crippen molar-refractivity contribution in [3.8, 4) is 0 Å². The summed E-state index contributed by atoms with van der Waals surface area (Å²) in [5.41, 5.74) is 2.74. The second kappa shape index (κ2) is 6.69. The number of piperidine rings is 1. The van der Waals surface area contributed by atoms with Crippen molar-refractivity contribution < 1.29 is 32.3 Å². The van der Waals surface area contributed by atoms with Gasteiger partial charge < -0.3 is 21.1 Å². The van der Waals surface area contributed by atoms with Crippen molar-refractivity contribution in [1.29, 1.82) is 0 Å². The van der Waals surface area contributed by atoms with Crippen molar-refractivity contribution in [2.75, 3.05) is 6.54 Å². The van der Waals surface area contributed by atoms with Gasteiger partial charge >= 0.3 is 12.1 Å². The first-order valence-electron chi connectivity index (χ1n) is 9.10. The Balaban J connectivity index is 2.43. The van der Waals surface area contributed by atoms with Crippen LogP contribution in [-0.4, -0.2) is 54.1 Å². The molecular formula is C18H28F3N3O4. The molecule has 1 aliphatic heterocycles. The Morgan fingerprint density at radius 3 is 2.14 bits per heavy atom. The summed E-state index contributed by atoms with van der Waals surface area (Å²) in [5, 5.41) is 4.67. The summed E-state index contributed by atoms with van der Waals surface area (Å²) in [7, 11) is 0. The second-order valence-corrected chi connectivity index (χ2v) is 9.14. The number of Topliss-reactive ketones (excluding diaryl/α,β-unsaturated/α-hetero) is 1. The van der Waals surface area contributed by atoms with Crippen LogP contribution in [0.1, 0.15) is 41.5 Å². The van der Waals surface area contributed by atoms with E-state index in [9.17, 15) is 27.6 Å². The van der Waals surface area contributed by atoms with Gasteiger partial charge in [0.25, 0.3) is 0 Å². The third-order valence-electron chi connectivity index (χ3n) is 5.91. The van der Waals surface area contributed by atoms with Crippen LogP contribution in [0.2, 0.25) is 0 Å². The molecule has 160 valence electrons. The number of amides is 2.